The molecule has 0 rings (SSSR count). The molecule has 0 aromatic heterocycles. The highest BCUT2D eigenvalue weighted by molar-refractivity contribution is 4.63. The first-order valence-electron chi connectivity index (χ1n) is 4.98. The zero-order valence-corrected chi connectivity index (χ0v) is 9.08. The van der Waals surface area contributed by atoms with Crippen LogP contribution in [0, 0.1) is 0 Å². The summed E-state index contributed by atoms with van der Waals surface area (Å²) in [6.45, 7) is 2.88. The summed E-state index contributed by atoms with van der Waals surface area (Å²) < 4.78 is 10.1. The van der Waals surface area contributed by atoms with E-state index < -0.39 is 0 Å². The largest absolute Gasteiger partial charge is 0.385 e. The third kappa shape index (κ3) is 8.22. The first-order valence-corrected chi connectivity index (χ1v) is 4.98. The summed E-state index contributed by atoms with van der Waals surface area (Å²) in [5.74, 6) is 0. The van der Waals surface area contributed by atoms with Gasteiger partial charge in [-0.2, -0.15) is 0 Å². The van der Waals surface area contributed by atoms with Crippen molar-refractivity contribution < 1.29 is 9.47 Å². The normalized spacial score (nSPS) is 15.7. The second-order valence-electron chi connectivity index (χ2n) is 3.52. The lowest BCUT2D eigenvalue weighted by Crippen LogP contribution is -2.22. The molecule has 2 atom stereocenters. The average molecular weight is 189 g/mol. The van der Waals surface area contributed by atoms with Crippen LogP contribution in [0.15, 0.2) is 0 Å². The number of hydrogen-bond donors (Lipinski definition) is 1. The number of rotatable bonds is 8. The molecule has 0 radical (unpaired) electrons. The number of nitrogens with two attached hydrogens (primary N) is 1. The molecule has 2 N–H and O–H groups in total. The summed E-state index contributed by atoms with van der Waals surface area (Å²) >= 11 is 0. The predicted molar refractivity (Wildman–Crippen MR) is 54.8 cm³/mol. The van der Waals surface area contributed by atoms with Crippen LogP contribution in [-0.2, 0) is 9.47 Å². The van der Waals surface area contributed by atoms with Crippen LogP contribution >= 0.6 is 0 Å². The molecule has 0 spiro atoms. The smallest absolute Gasteiger partial charge is 0.0543 e. The van der Waals surface area contributed by atoms with Crippen LogP contribution in [0.3, 0.4) is 0 Å². The van der Waals surface area contributed by atoms with Gasteiger partial charge in [0.25, 0.3) is 0 Å². The van der Waals surface area contributed by atoms with Crippen molar-refractivity contribution in [2.75, 3.05) is 20.8 Å². The molecule has 80 valence electrons. The number of ether oxygens (including phenoxy) is 2. The van der Waals surface area contributed by atoms with Gasteiger partial charge in [-0.25, -0.2) is 0 Å². The third-order valence-corrected chi connectivity index (χ3v) is 2.27. The molecule has 0 saturated heterocycles. The zero-order chi connectivity index (χ0) is 10.1. The molecule has 0 aromatic carbocycles. The Balaban J connectivity index is 3.24. The van der Waals surface area contributed by atoms with Crippen molar-refractivity contribution in [2.45, 2.75) is 44.8 Å². The third-order valence-electron chi connectivity index (χ3n) is 2.27. The Morgan fingerprint density at radius 3 is 2.38 bits per heavy atom. The highest BCUT2D eigenvalue weighted by atomic mass is 16.5. The van der Waals surface area contributed by atoms with E-state index in [2.05, 4.69) is 6.92 Å². The van der Waals surface area contributed by atoms with Gasteiger partial charge in [-0.1, -0.05) is 0 Å². The lowest BCUT2D eigenvalue weighted by atomic mass is 10.1. The monoisotopic (exact) mass is 189 g/mol. The van der Waals surface area contributed by atoms with Crippen LogP contribution in [0.25, 0.3) is 0 Å². The Kier molecular flexibility index (Phi) is 8.40. The number of methoxy groups -OCH3 is 2. The van der Waals surface area contributed by atoms with E-state index in [4.69, 9.17) is 15.2 Å². The maximum absolute atomic E-state index is 5.91. The SMILES string of the molecule is COCCCC(N)CCC(C)OC. The van der Waals surface area contributed by atoms with Crippen molar-refractivity contribution in [3.8, 4) is 0 Å². The molecule has 0 amide bonds. The topological polar surface area (TPSA) is 44.5 Å². The summed E-state index contributed by atoms with van der Waals surface area (Å²) in [4.78, 5) is 0. The Hall–Kier alpha value is -0.120. The van der Waals surface area contributed by atoms with Crippen LogP contribution in [0.1, 0.15) is 32.6 Å². The lowest BCUT2D eigenvalue weighted by molar-refractivity contribution is 0.106. The quantitative estimate of drug-likeness (QED) is 0.589. The van der Waals surface area contributed by atoms with Crippen molar-refractivity contribution in [3.63, 3.8) is 0 Å². The minimum absolute atomic E-state index is 0.299. The first-order chi connectivity index (χ1) is 6.20. The molecule has 3 nitrogen and oxygen atoms in total. The highest BCUT2D eigenvalue weighted by Gasteiger charge is 2.05. The number of hydrogen-bond acceptors (Lipinski definition) is 3. The fourth-order valence-corrected chi connectivity index (χ4v) is 1.20. The molecule has 0 aromatic rings. The second-order valence-corrected chi connectivity index (χ2v) is 3.52. The highest BCUT2D eigenvalue weighted by Crippen LogP contribution is 2.06. The van der Waals surface area contributed by atoms with Gasteiger partial charge in [-0.3, -0.25) is 0 Å². The van der Waals surface area contributed by atoms with Gasteiger partial charge in [0.05, 0.1) is 6.10 Å². The van der Waals surface area contributed by atoms with Gasteiger partial charge >= 0.3 is 0 Å². The molecule has 0 aliphatic rings. The van der Waals surface area contributed by atoms with Gasteiger partial charge in [0.2, 0.25) is 0 Å². The van der Waals surface area contributed by atoms with Crippen LogP contribution in [0.4, 0.5) is 0 Å². The summed E-state index contributed by atoms with van der Waals surface area (Å²) in [7, 11) is 3.46. The van der Waals surface area contributed by atoms with Crippen molar-refractivity contribution in [3.05, 3.63) is 0 Å². The second kappa shape index (κ2) is 8.48. The Labute approximate surface area is 81.6 Å². The average Bonchev–Trinajstić information content (AvgIpc) is 2.14. The maximum Gasteiger partial charge on any atom is 0.0543 e. The van der Waals surface area contributed by atoms with Gasteiger partial charge in [0.1, 0.15) is 0 Å². The minimum Gasteiger partial charge on any atom is -0.385 e. The summed E-state index contributed by atoms with van der Waals surface area (Å²) in [5, 5.41) is 0. The maximum atomic E-state index is 5.91. The van der Waals surface area contributed by atoms with E-state index in [1.807, 2.05) is 0 Å². The van der Waals surface area contributed by atoms with Crippen LogP contribution in [-0.4, -0.2) is 33.0 Å². The van der Waals surface area contributed by atoms with E-state index in [-0.39, 0.29) is 0 Å². The van der Waals surface area contributed by atoms with Gasteiger partial charge < -0.3 is 15.2 Å². The Bertz CT molecular complexity index is 109. The van der Waals surface area contributed by atoms with Crippen LogP contribution in [0.5, 0.6) is 0 Å². The van der Waals surface area contributed by atoms with E-state index in [0.717, 1.165) is 32.3 Å². The fourth-order valence-electron chi connectivity index (χ4n) is 1.20. The van der Waals surface area contributed by atoms with Gasteiger partial charge in [-0.15, -0.1) is 0 Å². The molecule has 0 aliphatic carbocycles. The summed E-state index contributed by atoms with van der Waals surface area (Å²) in [5.41, 5.74) is 5.91. The van der Waals surface area contributed by atoms with Crippen molar-refractivity contribution >= 4 is 0 Å². The van der Waals surface area contributed by atoms with Gasteiger partial charge in [0.15, 0.2) is 0 Å². The molecule has 0 heterocycles. The van der Waals surface area contributed by atoms with E-state index in [9.17, 15) is 0 Å². The molecule has 2 unspecified atom stereocenters. The van der Waals surface area contributed by atoms with E-state index in [1.165, 1.54) is 0 Å². The minimum atomic E-state index is 0.299. The first kappa shape index (κ1) is 12.9. The standard InChI is InChI=1S/C10H23NO2/c1-9(13-3)6-7-10(11)5-4-8-12-2/h9-10H,4-8,11H2,1-3H3. The van der Waals surface area contributed by atoms with Crippen LogP contribution in [0.2, 0.25) is 0 Å². The fraction of sp³-hybridized carbons (Fsp3) is 1.00. The van der Waals surface area contributed by atoms with Gasteiger partial charge in [-0.05, 0) is 32.6 Å². The van der Waals surface area contributed by atoms with Crippen molar-refractivity contribution in [2.24, 2.45) is 5.73 Å². The van der Waals surface area contributed by atoms with E-state index in [1.54, 1.807) is 14.2 Å². The van der Waals surface area contributed by atoms with Crippen LogP contribution < -0.4 is 5.73 Å². The summed E-state index contributed by atoms with van der Waals surface area (Å²) in [6, 6.07) is 0.299. The van der Waals surface area contributed by atoms with Crippen molar-refractivity contribution in [1.82, 2.24) is 0 Å². The van der Waals surface area contributed by atoms with E-state index >= 15 is 0 Å². The molecule has 0 saturated carbocycles. The molecule has 3 heteroatoms. The predicted octanol–water partition coefficient (Wildman–Crippen LogP) is 1.56. The van der Waals surface area contributed by atoms with Gasteiger partial charge in [0, 0.05) is 26.9 Å². The lowest BCUT2D eigenvalue weighted by Gasteiger charge is -2.14. The molecular weight excluding hydrogens is 166 g/mol. The zero-order valence-electron chi connectivity index (χ0n) is 9.08. The van der Waals surface area contributed by atoms with E-state index in [0.29, 0.717) is 12.1 Å². The summed E-state index contributed by atoms with van der Waals surface area (Å²) in [6.07, 6.45) is 4.51. The molecule has 13 heavy (non-hydrogen) atoms. The molecule has 0 fully saturated rings. The molecule has 0 aliphatic heterocycles. The Morgan fingerprint density at radius 1 is 1.15 bits per heavy atom. The molecule has 0 bridgehead atoms. The Morgan fingerprint density at radius 2 is 1.85 bits per heavy atom. The van der Waals surface area contributed by atoms with Crippen molar-refractivity contribution in [1.29, 1.82) is 0 Å². The molecular formula is C10H23NO2.